The Morgan fingerprint density at radius 1 is 1.47 bits per heavy atom. The summed E-state index contributed by atoms with van der Waals surface area (Å²) < 4.78 is 0. The zero-order valence-electron chi connectivity index (χ0n) is 10.5. The standard InChI is InChI=1S/C13H15ClN2O3/c1-8-2-3-10(14)6-11(8)15-13(19)16-5-4-9(7-16)12(17)18/h2-3,6,9H,4-5,7H2,1H3,(H,15,19)(H,17,18). The summed E-state index contributed by atoms with van der Waals surface area (Å²) in [6.07, 6.45) is 0.497. The zero-order chi connectivity index (χ0) is 14.0. The molecule has 19 heavy (non-hydrogen) atoms. The Bertz CT molecular complexity index is 519. The molecule has 6 heteroatoms. The number of carbonyl (C=O) groups excluding carboxylic acids is 1. The highest BCUT2D eigenvalue weighted by atomic mass is 35.5. The van der Waals surface area contributed by atoms with E-state index in [0.29, 0.717) is 23.7 Å². The molecule has 1 atom stereocenters. The van der Waals surface area contributed by atoms with Crippen LogP contribution in [0.5, 0.6) is 0 Å². The van der Waals surface area contributed by atoms with Crippen molar-refractivity contribution in [1.82, 2.24) is 4.90 Å². The Morgan fingerprint density at radius 3 is 2.84 bits per heavy atom. The average Bonchev–Trinajstić information content (AvgIpc) is 2.83. The second-order valence-corrected chi connectivity index (χ2v) is 5.10. The molecule has 1 aliphatic rings. The van der Waals surface area contributed by atoms with Gasteiger partial charge in [-0.1, -0.05) is 17.7 Å². The Balaban J connectivity index is 2.02. The number of hydrogen-bond acceptors (Lipinski definition) is 2. The van der Waals surface area contributed by atoms with Gasteiger partial charge in [-0.15, -0.1) is 0 Å². The Kier molecular flexibility index (Phi) is 3.95. The van der Waals surface area contributed by atoms with Gasteiger partial charge < -0.3 is 15.3 Å². The number of carboxylic acids is 1. The molecule has 1 aromatic rings. The molecular weight excluding hydrogens is 268 g/mol. The molecule has 1 unspecified atom stereocenters. The van der Waals surface area contributed by atoms with Crippen LogP contribution in [-0.4, -0.2) is 35.1 Å². The second kappa shape index (κ2) is 5.48. The summed E-state index contributed by atoms with van der Waals surface area (Å²) in [4.78, 5) is 24.4. The van der Waals surface area contributed by atoms with Gasteiger partial charge in [0, 0.05) is 23.8 Å². The van der Waals surface area contributed by atoms with Crippen LogP contribution in [0, 0.1) is 12.8 Å². The predicted octanol–water partition coefficient (Wildman–Crippen LogP) is 2.59. The minimum Gasteiger partial charge on any atom is -0.481 e. The summed E-state index contributed by atoms with van der Waals surface area (Å²) in [6.45, 7) is 2.58. The Morgan fingerprint density at radius 2 is 2.21 bits per heavy atom. The number of rotatable bonds is 2. The lowest BCUT2D eigenvalue weighted by atomic mass is 10.1. The smallest absolute Gasteiger partial charge is 0.321 e. The fourth-order valence-electron chi connectivity index (χ4n) is 2.07. The van der Waals surface area contributed by atoms with E-state index in [-0.39, 0.29) is 12.6 Å². The number of urea groups is 1. The molecule has 2 amide bonds. The first-order valence-corrected chi connectivity index (χ1v) is 6.40. The first-order valence-electron chi connectivity index (χ1n) is 6.02. The highest BCUT2D eigenvalue weighted by Crippen LogP contribution is 2.22. The minimum atomic E-state index is -0.853. The van der Waals surface area contributed by atoms with Gasteiger partial charge in [-0.05, 0) is 31.0 Å². The van der Waals surface area contributed by atoms with E-state index in [1.165, 1.54) is 4.90 Å². The molecule has 1 aliphatic heterocycles. The number of aryl methyl sites for hydroxylation is 1. The quantitative estimate of drug-likeness (QED) is 0.876. The van der Waals surface area contributed by atoms with Gasteiger partial charge in [-0.25, -0.2) is 4.79 Å². The predicted molar refractivity (Wildman–Crippen MR) is 72.5 cm³/mol. The van der Waals surface area contributed by atoms with Crippen molar-refractivity contribution in [2.24, 2.45) is 5.92 Å². The van der Waals surface area contributed by atoms with Gasteiger partial charge in [0.2, 0.25) is 0 Å². The van der Waals surface area contributed by atoms with Crippen LogP contribution in [0.2, 0.25) is 5.02 Å². The molecule has 1 aromatic carbocycles. The van der Waals surface area contributed by atoms with Crippen LogP contribution in [0.15, 0.2) is 18.2 Å². The fourth-order valence-corrected chi connectivity index (χ4v) is 2.24. The second-order valence-electron chi connectivity index (χ2n) is 4.66. The van der Waals surface area contributed by atoms with Crippen molar-refractivity contribution in [3.8, 4) is 0 Å². The van der Waals surface area contributed by atoms with Gasteiger partial charge in [0.15, 0.2) is 0 Å². The van der Waals surface area contributed by atoms with Crippen LogP contribution in [0.1, 0.15) is 12.0 Å². The molecule has 1 saturated heterocycles. The lowest BCUT2D eigenvalue weighted by Crippen LogP contribution is -2.34. The maximum Gasteiger partial charge on any atom is 0.321 e. The Labute approximate surface area is 116 Å². The summed E-state index contributed by atoms with van der Waals surface area (Å²) in [5, 5.41) is 12.2. The van der Waals surface area contributed by atoms with Crippen LogP contribution in [0.3, 0.4) is 0 Å². The van der Waals surface area contributed by atoms with Crippen molar-refractivity contribution >= 4 is 29.3 Å². The van der Waals surface area contributed by atoms with E-state index in [1.807, 2.05) is 13.0 Å². The fraction of sp³-hybridized carbons (Fsp3) is 0.385. The summed E-state index contributed by atoms with van der Waals surface area (Å²) in [5.74, 6) is -1.32. The van der Waals surface area contributed by atoms with Crippen LogP contribution in [-0.2, 0) is 4.79 Å². The monoisotopic (exact) mass is 282 g/mol. The minimum absolute atomic E-state index is 0.251. The number of aliphatic carboxylic acids is 1. The first kappa shape index (κ1) is 13.7. The maximum absolute atomic E-state index is 12.0. The highest BCUT2D eigenvalue weighted by molar-refractivity contribution is 6.31. The van der Waals surface area contributed by atoms with E-state index in [2.05, 4.69) is 5.32 Å². The van der Waals surface area contributed by atoms with Crippen molar-refractivity contribution < 1.29 is 14.7 Å². The number of anilines is 1. The first-order chi connectivity index (χ1) is 8.97. The molecule has 5 nitrogen and oxygen atoms in total. The zero-order valence-corrected chi connectivity index (χ0v) is 11.3. The van der Waals surface area contributed by atoms with Gasteiger partial charge in [0.05, 0.1) is 5.92 Å². The number of hydrogen-bond donors (Lipinski definition) is 2. The molecule has 1 fully saturated rings. The molecule has 0 spiro atoms. The lowest BCUT2D eigenvalue weighted by molar-refractivity contribution is -0.141. The summed E-state index contributed by atoms with van der Waals surface area (Å²) in [6, 6.07) is 4.97. The van der Waals surface area contributed by atoms with Crippen LogP contribution in [0.25, 0.3) is 0 Å². The van der Waals surface area contributed by atoms with Crippen molar-refractivity contribution in [2.75, 3.05) is 18.4 Å². The van der Waals surface area contributed by atoms with Crippen molar-refractivity contribution in [2.45, 2.75) is 13.3 Å². The van der Waals surface area contributed by atoms with E-state index in [1.54, 1.807) is 12.1 Å². The molecule has 1 heterocycles. The normalized spacial score (nSPS) is 18.4. The third-order valence-corrected chi connectivity index (χ3v) is 3.50. The number of carbonyl (C=O) groups is 2. The Hall–Kier alpha value is -1.75. The highest BCUT2D eigenvalue weighted by Gasteiger charge is 2.30. The summed E-state index contributed by atoms with van der Waals surface area (Å²) >= 11 is 5.88. The SMILES string of the molecule is Cc1ccc(Cl)cc1NC(=O)N1CCC(C(=O)O)C1. The average molecular weight is 283 g/mol. The molecular formula is C13H15ClN2O3. The molecule has 0 aliphatic carbocycles. The van der Waals surface area contributed by atoms with Crippen LogP contribution in [0.4, 0.5) is 10.5 Å². The molecule has 102 valence electrons. The number of nitrogens with zero attached hydrogens (tertiary/aromatic N) is 1. The van der Waals surface area contributed by atoms with Crippen molar-refractivity contribution in [3.05, 3.63) is 28.8 Å². The number of carboxylic acid groups (broad SMARTS) is 1. The van der Waals surface area contributed by atoms with Gasteiger partial charge in [0.1, 0.15) is 0 Å². The van der Waals surface area contributed by atoms with Gasteiger partial charge in [0.25, 0.3) is 0 Å². The number of benzene rings is 1. The number of nitrogens with one attached hydrogen (secondary N) is 1. The van der Waals surface area contributed by atoms with E-state index < -0.39 is 11.9 Å². The third kappa shape index (κ3) is 3.17. The number of likely N-dealkylation sites (tertiary alicyclic amines) is 1. The lowest BCUT2D eigenvalue weighted by Gasteiger charge is -2.17. The van der Waals surface area contributed by atoms with E-state index >= 15 is 0 Å². The van der Waals surface area contributed by atoms with E-state index in [4.69, 9.17) is 16.7 Å². The van der Waals surface area contributed by atoms with Crippen LogP contribution >= 0.6 is 11.6 Å². The molecule has 0 bridgehead atoms. The van der Waals surface area contributed by atoms with E-state index in [0.717, 1.165) is 5.56 Å². The molecule has 0 radical (unpaired) electrons. The number of amides is 2. The largest absolute Gasteiger partial charge is 0.481 e. The molecule has 0 saturated carbocycles. The van der Waals surface area contributed by atoms with Crippen molar-refractivity contribution in [3.63, 3.8) is 0 Å². The van der Waals surface area contributed by atoms with Crippen molar-refractivity contribution in [1.29, 1.82) is 0 Å². The maximum atomic E-state index is 12.0. The van der Waals surface area contributed by atoms with Crippen LogP contribution < -0.4 is 5.32 Å². The topological polar surface area (TPSA) is 69.6 Å². The molecule has 0 aromatic heterocycles. The molecule has 2 rings (SSSR count). The van der Waals surface area contributed by atoms with Gasteiger partial charge in [-0.2, -0.15) is 0 Å². The third-order valence-electron chi connectivity index (χ3n) is 3.27. The number of halogens is 1. The summed E-state index contributed by atoms with van der Waals surface area (Å²) in [5.41, 5.74) is 1.56. The van der Waals surface area contributed by atoms with E-state index in [9.17, 15) is 9.59 Å². The summed E-state index contributed by atoms with van der Waals surface area (Å²) in [7, 11) is 0. The van der Waals surface area contributed by atoms with Gasteiger partial charge in [-0.3, -0.25) is 4.79 Å². The van der Waals surface area contributed by atoms with Gasteiger partial charge >= 0.3 is 12.0 Å². The molecule has 2 N–H and O–H groups in total.